The van der Waals surface area contributed by atoms with Gasteiger partial charge in [0.05, 0.1) is 6.61 Å². The van der Waals surface area contributed by atoms with E-state index < -0.39 is 0 Å². The first-order valence-electron chi connectivity index (χ1n) is 9.24. The lowest BCUT2D eigenvalue weighted by Crippen LogP contribution is -2.50. The minimum atomic E-state index is -0.310. The number of piperazine rings is 1. The Bertz CT molecular complexity index is 821. The monoisotopic (exact) mass is 404 g/mol. The van der Waals surface area contributed by atoms with Crippen LogP contribution in [-0.2, 0) is 4.79 Å². The molecule has 1 saturated heterocycles. The molecular weight excluding hydrogens is 383 g/mol. The molecule has 2 aromatic rings. The highest BCUT2D eigenvalue weighted by atomic mass is 35.5. The van der Waals surface area contributed by atoms with Crippen molar-refractivity contribution in [3.63, 3.8) is 0 Å². The lowest BCUT2D eigenvalue weighted by atomic mass is 10.1. The third-order valence-electron chi connectivity index (χ3n) is 4.61. The van der Waals surface area contributed by atoms with E-state index in [0.717, 1.165) is 0 Å². The predicted molar refractivity (Wildman–Crippen MR) is 105 cm³/mol. The van der Waals surface area contributed by atoms with E-state index in [4.69, 9.17) is 16.3 Å². The molecule has 0 aromatic heterocycles. The van der Waals surface area contributed by atoms with E-state index in [-0.39, 0.29) is 17.6 Å². The Morgan fingerprint density at radius 1 is 1.00 bits per heavy atom. The van der Waals surface area contributed by atoms with Gasteiger partial charge in [-0.2, -0.15) is 0 Å². The Hall–Kier alpha value is -2.60. The van der Waals surface area contributed by atoms with Crippen LogP contribution < -0.4 is 4.74 Å². The Balaban J connectivity index is 1.38. The molecule has 2 aromatic carbocycles. The number of rotatable bonds is 6. The smallest absolute Gasteiger partial charge is 0.254 e. The van der Waals surface area contributed by atoms with Crippen LogP contribution in [0.1, 0.15) is 23.2 Å². The van der Waals surface area contributed by atoms with Crippen molar-refractivity contribution in [1.29, 1.82) is 0 Å². The van der Waals surface area contributed by atoms with Crippen molar-refractivity contribution in [3.8, 4) is 5.75 Å². The maximum atomic E-state index is 12.8. The fourth-order valence-corrected chi connectivity index (χ4v) is 3.26. The van der Waals surface area contributed by atoms with Gasteiger partial charge in [0.15, 0.2) is 0 Å². The highest BCUT2D eigenvalue weighted by molar-refractivity contribution is 6.30. The van der Waals surface area contributed by atoms with Gasteiger partial charge < -0.3 is 14.5 Å². The predicted octanol–water partition coefficient (Wildman–Crippen LogP) is 3.62. The number of carbonyl (C=O) groups excluding carboxylic acids is 2. The molecule has 148 valence electrons. The summed E-state index contributed by atoms with van der Waals surface area (Å²) in [5, 5.41) is 0.530. The molecule has 1 heterocycles. The van der Waals surface area contributed by atoms with Gasteiger partial charge in [0.2, 0.25) is 5.91 Å². The maximum Gasteiger partial charge on any atom is 0.254 e. The van der Waals surface area contributed by atoms with Crippen molar-refractivity contribution in [2.45, 2.75) is 12.8 Å². The van der Waals surface area contributed by atoms with Gasteiger partial charge >= 0.3 is 0 Å². The zero-order valence-corrected chi connectivity index (χ0v) is 16.2. The van der Waals surface area contributed by atoms with Crippen molar-refractivity contribution in [3.05, 3.63) is 64.9 Å². The normalized spacial score (nSPS) is 14.1. The number of benzene rings is 2. The summed E-state index contributed by atoms with van der Waals surface area (Å²) >= 11 is 5.95. The van der Waals surface area contributed by atoms with Gasteiger partial charge in [0.1, 0.15) is 11.6 Å². The molecule has 2 amide bonds. The van der Waals surface area contributed by atoms with Gasteiger partial charge in [0.25, 0.3) is 5.91 Å². The fourth-order valence-electron chi connectivity index (χ4n) is 3.07. The minimum Gasteiger partial charge on any atom is -0.494 e. The van der Waals surface area contributed by atoms with Gasteiger partial charge in [-0.3, -0.25) is 9.59 Å². The van der Waals surface area contributed by atoms with E-state index in [1.54, 1.807) is 46.2 Å². The highest BCUT2D eigenvalue weighted by Crippen LogP contribution is 2.15. The van der Waals surface area contributed by atoms with Crippen LogP contribution in [0.25, 0.3) is 0 Å². The van der Waals surface area contributed by atoms with E-state index in [9.17, 15) is 14.0 Å². The van der Waals surface area contributed by atoms with Crippen molar-refractivity contribution in [1.82, 2.24) is 9.80 Å². The molecule has 0 saturated carbocycles. The van der Waals surface area contributed by atoms with Crippen molar-refractivity contribution in [2.75, 3.05) is 32.8 Å². The molecule has 5 nitrogen and oxygen atoms in total. The van der Waals surface area contributed by atoms with Crippen molar-refractivity contribution < 1.29 is 18.7 Å². The van der Waals surface area contributed by atoms with Gasteiger partial charge in [-0.25, -0.2) is 4.39 Å². The zero-order valence-electron chi connectivity index (χ0n) is 15.4. The summed E-state index contributed by atoms with van der Waals surface area (Å²) in [4.78, 5) is 28.4. The number of ether oxygens (including phenoxy) is 1. The molecule has 28 heavy (non-hydrogen) atoms. The summed E-state index contributed by atoms with van der Waals surface area (Å²) in [5.74, 6) is 0.261. The molecule has 7 heteroatoms. The zero-order chi connectivity index (χ0) is 19.9. The fraction of sp³-hybridized carbons (Fsp3) is 0.333. The van der Waals surface area contributed by atoms with Gasteiger partial charge in [-0.1, -0.05) is 17.7 Å². The summed E-state index contributed by atoms with van der Waals surface area (Å²) in [6.45, 7) is 2.44. The highest BCUT2D eigenvalue weighted by Gasteiger charge is 2.24. The molecule has 0 bridgehead atoms. The summed E-state index contributed by atoms with van der Waals surface area (Å²) in [6.07, 6.45) is 0.960. The molecule has 1 fully saturated rings. The quantitative estimate of drug-likeness (QED) is 0.691. The summed E-state index contributed by atoms with van der Waals surface area (Å²) in [6, 6.07) is 12.7. The average Bonchev–Trinajstić information content (AvgIpc) is 2.72. The second kappa shape index (κ2) is 9.55. The largest absolute Gasteiger partial charge is 0.494 e. The van der Waals surface area contributed by atoms with Crippen LogP contribution in [0.4, 0.5) is 4.39 Å². The third-order valence-corrected chi connectivity index (χ3v) is 4.84. The first kappa shape index (κ1) is 20.1. The van der Waals surface area contributed by atoms with Crippen LogP contribution >= 0.6 is 11.6 Å². The molecule has 0 radical (unpaired) electrons. The first-order valence-corrected chi connectivity index (χ1v) is 9.62. The number of nitrogens with zero attached hydrogens (tertiary/aromatic N) is 2. The van der Waals surface area contributed by atoms with Crippen LogP contribution in [0, 0.1) is 5.82 Å². The number of amides is 2. The molecule has 1 aliphatic rings. The van der Waals surface area contributed by atoms with E-state index in [1.165, 1.54) is 12.1 Å². The van der Waals surface area contributed by atoms with Crippen LogP contribution in [0.5, 0.6) is 5.75 Å². The van der Waals surface area contributed by atoms with Gasteiger partial charge in [-0.15, -0.1) is 0 Å². The van der Waals surface area contributed by atoms with E-state index in [1.807, 2.05) is 0 Å². The second-order valence-corrected chi connectivity index (χ2v) is 7.03. The lowest BCUT2D eigenvalue weighted by Gasteiger charge is -2.35. The molecule has 0 spiro atoms. The molecule has 3 rings (SSSR count). The second-order valence-electron chi connectivity index (χ2n) is 6.59. The summed E-state index contributed by atoms with van der Waals surface area (Å²) < 4.78 is 18.3. The number of hydrogen-bond donors (Lipinski definition) is 0. The number of hydrogen-bond acceptors (Lipinski definition) is 3. The van der Waals surface area contributed by atoms with Crippen molar-refractivity contribution in [2.24, 2.45) is 0 Å². The first-order chi connectivity index (χ1) is 13.5. The van der Waals surface area contributed by atoms with Gasteiger partial charge in [0, 0.05) is 43.2 Å². The van der Waals surface area contributed by atoms with Crippen LogP contribution in [0.2, 0.25) is 5.02 Å². The van der Waals surface area contributed by atoms with E-state index >= 15 is 0 Å². The number of carbonyl (C=O) groups is 2. The van der Waals surface area contributed by atoms with E-state index in [2.05, 4.69) is 0 Å². The molecular formula is C21H22ClFN2O3. The molecule has 0 unspecified atom stereocenters. The van der Waals surface area contributed by atoms with Crippen LogP contribution in [0.3, 0.4) is 0 Å². The maximum absolute atomic E-state index is 12.8. The average molecular weight is 405 g/mol. The molecule has 0 aliphatic carbocycles. The summed E-state index contributed by atoms with van der Waals surface area (Å²) in [7, 11) is 0. The Labute approximate surface area is 168 Å². The Morgan fingerprint density at radius 3 is 2.36 bits per heavy atom. The molecule has 1 aliphatic heterocycles. The molecule has 0 atom stereocenters. The van der Waals surface area contributed by atoms with Crippen LogP contribution in [0.15, 0.2) is 48.5 Å². The third kappa shape index (κ3) is 5.45. The minimum absolute atomic E-state index is 0.0533. The van der Waals surface area contributed by atoms with Gasteiger partial charge in [-0.05, 0) is 48.9 Å². The standard InChI is InChI=1S/C21H22ClFN2O3/c22-17-4-1-3-16(15-17)21(27)25-12-10-24(11-13-25)20(26)5-2-14-28-19-8-6-18(23)7-9-19/h1,3-4,6-9,15H,2,5,10-14H2. The Kier molecular flexibility index (Phi) is 6.87. The summed E-state index contributed by atoms with van der Waals surface area (Å²) in [5.41, 5.74) is 0.560. The topological polar surface area (TPSA) is 49.9 Å². The molecule has 0 N–H and O–H groups in total. The lowest BCUT2D eigenvalue weighted by molar-refractivity contribution is -0.132. The van der Waals surface area contributed by atoms with E-state index in [0.29, 0.717) is 62.0 Å². The van der Waals surface area contributed by atoms with Crippen molar-refractivity contribution >= 4 is 23.4 Å². The Morgan fingerprint density at radius 2 is 1.68 bits per heavy atom. The van der Waals surface area contributed by atoms with Crippen LogP contribution in [-0.4, -0.2) is 54.4 Å². The number of halogens is 2. The SMILES string of the molecule is O=C(CCCOc1ccc(F)cc1)N1CCN(C(=O)c2cccc(Cl)c2)CC1.